The lowest BCUT2D eigenvalue weighted by Gasteiger charge is -2.13. The van der Waals surface area contributed by atoms with Crippen LogP contribution in [0.25, 0.3) is 0 Å². The lowest BCUT2D eigenvalue weighted by atomic mass is 10.1. The Balaban J connectivity index is 1.92. The highest BCUT2D eigenvalue weighted by Crippen LogP contribution is 2.14. The van der Waals surface area contributed by atoms with Crippen LogP contribution < -0.4 is 10.6 Å². The smallest absolute Gasteiger partial charge is 0.0346 e. The second kappa shape index (κ2) is 4.67. The van der Waals surface area contributed by atoms with Crippen LogP contribution >= 0.6 is 0 Å². The first-order valence-corrected chi connectivity index (χ1v) is 5.79. The number of hydrogen-bond acceptors (Lipinski definition) is 2. The van der Waals surface area contributed by atoms with Crippen LogP contribution in [0.5, 0.6) is 0 Å². The van der Waals surface area contributed by atoms with Gasteiger partial charge in [-0.15, -0.1) is 0 Å². The Hall–Kier alpha value is -1.02. The van der Waals surface area contributed by atoms with Crippen molar-refractivity contribution >= 4 is 5.69 Å². The summed E-state index contributed by atoms with van der Waals surface area (Å²) in [6.07, 6.45) is 2.62. The molecule has 2 rings (SSSR count). The van der Waals surface area contributed by atoms with Crippen molar-refractivity contribution in [3.63, 3.8) is 0 Å². The molecule has 0 bridgehead atoms. The summed E-state index contributed by atoms with van der Waals surface area (Å²) in [6.45, 7) is 6.51. The van der Waals surface area contributed by atoms with Gasteiger partial charge in [-0.3, -0.25) is 0 Å². The van der Waals surface area contributed by atoms with Crippen molar-refractivity contribution in [3.8, 4) is 0 Å². The lowest BCUT2D eigenvalue weighted by molar-refractivity contribution is 0.633. The summed E-state index contributed by atoms with van der Waals surface area (Å²) < 4.78 is 0. The fourth-order valence-electron chi connectivity index (χ4n) is 2.25. The molecular formula is C13H20N2. The molecule has 0 aromatic heterocycles. The maximum atomic E-state index is 3.51. The molecule has 2 N–H and O–H groups in total. The van der Waals surface area contributed by atoms with Gasteiger partial charge in [0.2, 0.25) is 0 Å². The minimum Gasteiger partial charge on any atom is -0.383 e. The minimum atomic E-state index is 0.658. The summed E-state index contributed by atoms with van der Waals surface area (Å²) >= 11 is 0. The number of benzene rings is 1. The number of hydrogen-bond donors (Lipinski definition) is 2. The Kier molecular flexibility index (Phi) is 3.27. The molecule has 0 amide bonds. The van der Waals surface area contributed by atoms with Crippen LogP contribution in [0, 0.1) is 13.8 Å². The highest BCUT2D eigenvalue weighted by Gasteiger charge is 2.12. The molecule has 1 unspecified atom stereocenters. The van der Waals surface area contributed by atoms with E-state index in [1.165, 1.54) is 36.2 Å². The largest absolute Gasteiger partial charge is 0.383 e. The fourth-order valence-corrected chi connectivity index (χ4v) is 2.25. The maximum absolute atomic E-state index is 3.51. The number of anilines is 1. The van der Waals surface area contributed by atoms with Crippen molar-refractivity contribution in [1.29, 1.82) is 0 Å². The molecule has 2 heteroatoms. The molecule has 0 saturated carbocycles. The zero-order valence-corrected chi connectivity index (χ0v) is 9.64. The summed E-state index contributed by atoms with van der Waals surface area (Å²) in [5.74, 6) is 0. The molecule has 1 saturated heterocycles. The molecule has 1 heterocycles. The van der Waals surface area contributed by atoms with Crippen LogP contribution in [-0.2, 0) is 0 Å². The average molecular weight is 204 g/mol. The third-order valence-corrected chi connectivity index (χ3v) is 2.94. The molecule has 1 atom stereocenters. The van der Waals surface area contributed by atoms with E-state index in [1.54, 1.807) is 0 Å². The zero-order valence-electron chi connectivity index (χ0n) is 9.64. The molecule has 82 valence electrons. The van der Waals surface area contributed by atoms with Crippen molar-refractivity contribution in [3.05, 3.63) is 29.3 Å². The van der Waals surface area contributed by atoms with Gasteiger partial charge in [-0.05, 0) is 56.5 Å². The van der Waals surface area contributed by atoms with Crippen molar-refractivity contribution < 1.29 is 0 Å². The van der Waals surface area contributed by atoms with E-state index in [-0.39, 0.29) is 0 Å². The Bertz CT molecular complexity index is 307. The van der Waals surface area contributed by atoms with Crippen molar-refractivity contribution in [2.24, 2.45) is 0 Å². The molecular weight excluding hydrogens is 184 g/mol. The van der Waals surface area contributed by atoms with Crippen LogP contribution in [0.3, 0.4) is 0 Å². The third kappa shape index (κ3) is 2.96. The van der Waals surface area contributed by atoms with Gasteiger partial charge in [-0.2, -0.15) is 0 Å². The molecule has 0 radical (unpaired) electrons. The molecule has 1 fully saturated rings. The van der Waals surface area contributed by atoms with Gasteiger partial charge in [0.1, 0.15) is 0 Å². The summed E-state index contributed by atoms with van der Waals surface area (Å²) in [5.41, 5.74) is 3.91. The van der Waals surface area contributed by atoms with E-state index < -0.39 is 0 Å². The molecule has 1 aromatic rings. The van der Waals surface area contributed by atoms with Crippen LogP contribution in [-0.4, -0.2) is 19.1 Å². The van der Waals surface area contributed by atoms with E-state index in [0.717, 1.165) is 6.54 Å². The van der Waals surface area contributed by atoms with E-state index in [1.807, 2.05) is 0 Å². The van der Waals surface area contributed by atoms with Crippen LogP contribution in [0.1, 0.15) is 24.0 Å². The molecule has 1 aliphatic heterocycles. The lowest BCUT2D eigenvalue weighted by Crippen LogP contribution is -2.29. The van der Waals surface area contributed by atoms with Crippen molar-refractivity contribution in [2.75, 3.05) is 18.4 Å². The van der Waals surface area contributed by atoms with Crippen LogP contribution in [0.15, 0.2) is 18.2 Å². The first-order chi connectivity index (χ1) is 7.24. The van der Waals surface area contributed by atoms with Gasteiger partial charge < -0.3 is 10.6 Å². The predicted molar refractivity (Wildman–Crippen MR) is 65.4 cm³/mol. The number of nitrogens with one attached hydrogen (secondary N) is 2. The number of aryl methyl sites for hydroxylation is 2. The predicted octanol–water partition coefficient (Wildman–Crippen LogP) is 2.47. The molecule has 15 heavy (non-hydrogen) atoms. The standard InChI is InChI=1S/C13H20N2/c1-10-6-11(2)8-13(7-10)15-9-12-4-3-5-14-12/h6-8,12,14-15H,3-5,9H2,1-2H3. The topological polar surface area (TPSA) is 24.1 Å². The molecule has 2 nitrogen and oxygen atoms in total. The van der Waals surface area contributed by atoms with Crippen LogP contribution in [0.2, 0.25) is 0 Å². The average Bonchev–Trinajstić information content (AvgIpc) is 2.65. The van der Waals surface area contributed by atoms with Gasteiger partial charge in [0.15, 0.2) is 0 Å². The number of rotatable bonds is 3. The van der Waals surface area contributed by atoms with Gasteiger partial charge in [0.25, 0.3) is 0 Å². The summed E-state index contributed by atoms with van der Waals surface area (Å²) in [7, 11) is 0. The monoisotopic (exact) mass is 204 g/mol. The van der Waals surface area contributed by atoms with Gasteiger partial charge in [0.05, 0.1) is 0 Å². The summed E-state index contributed by atoms with van der Waals surface area (Å²) in [5, 5.41) is 7.00. The van der Waals surface area contributed by atoms with Gasteiger partial charge >= 0.3 is 0 Å². The zero-order chi connectivity index (χ0) is 10.7. The van der Waals surface area contributed by atoms with Gasteiger partial charge in [-0.1, -0.05) is 6.07 Å². The fraction of sp³-hybridized carbons (Fsp3) is 0.538. The van der Waals surface area contributed by atoms with Crippen LogP contribution in [0.4, 0.5) is 5.69 Å². The highest BCUT2D eigenvalue weighted by atomic mass is 15.0. The third-order valence-electron chi connectivity index (χ3n) is 2.94. The highest BCUT2D eigenvalue weighted by molar-refractivity contribution is 5.48. The summed E-state index contributed by atoms with van der Waals surface area (Å²) in [6, 6.07) is 7.29. The first-order valence-electron chi connectivity index (χ1n) is 5.79. The normalized spacial score (nSPS) is 20.5. The Morgan fingerprint density at radius 2 is 2.00 bits per heavy atom. The van der Waals surface area contributed by atoms with Gasteiger partial charge in [-0.25, -0.2) is 0 Å². The van der Waals surface area contributed by atoms with Crippen molar-refractivity contribution in [1.82, 2.24) is 5.32 Å². The molecule has 0 spiro atoms. The maximum Gasteiger partial charge on any atom is 0.0346 e. The second-order valence-electron chi connectivity index (χ2n) is 4.55. The summed E-state index contributed by atoms with van der Waals surface area (Å²) in [4.78, 5) is 0. The quantitative estimate of drug-likeness (QED) is 0.790. The SMILES string of the molecule is Cc1cc(C)cc(NCC2CCCN2)c1. The van der Waals surface area contributed by atoms with E-state index in [4.69, 9.17) is 0 Å². The Morgan fingerprint density at radius 1 is 1.27 bits per heavy atom. The molecule has 0 aliphatic carbocycles. The second-order valence-corrected chi connectivity index (χ2v) is 4.55. The minimum absolute atomic E-state index is 0.658. The Morgan fingerprint density at radius 3 is 2.60 bits per heavy atom. The Labute approximate surface area is 92.1 Å². The van der Waals surface area contributed by atoms with E-state index in [0.29, 0.717) is 6.04 Å². The first kappa shape index (κ1) is 10.5. The van der Waals surface area contributed by atoms with E-state index in [2.05, 4.69) is 42.7 Å². The van der Waals surface area contributed by atoms with Crippen molar-refractivity contribution in [2.45, 2.75) is 32.7 Å². The molecule has 1 aliphatic rings. The molecule has 1 aromatic carbocycles. The van der Waals surface area contributed by atoms with E-state index >= 15 is 0 Å². The van der Waals surface area contributed by atoms with E-state index in [9.17, 15) is 0 Å². The van der Waals surface area contributed by atoms with Gasteiger partial charge in [0, 0.05) is 18.3 Å².